The summed E-state index contributed by atoms with van der Waals surface area (Å²) in [4.78, 5) is 85.4. The molecule has 14 heteroatoms. The van der Waals surface area contributed by atoms with E-state index in [0.29, 0.717) is 18.7 Å². The smallest absolute Gasteiger partial charge is 0.330 e. The van der Waals surface area contributed by atoms with E-state index < -0.39 is 66.3 Å². The van der Waals surface area contributed by atoms with E-state index in [-0.39, 0.29) is 12.1 Å². The number of aliphatic carboxylic acids is 2. The number of nitrogens with one attached hydrogen (secondary N) is 3. The first-order chi connectivity index (χ1) is 24.9. The molecular formula is C38H36N6O8. The molecule has 0 spiro atoms. The number of rotatable bonds is 13. The Morgan fingerprint density at radius 3 is 2.23 bits per heavy atom. The van der Waals surface area contributed by atoms with E-state index >= 15 is 0 Å². The van der Waals surface area contributed by atoms with Crippen molar-refractivity contribution in [1.29, 1.82) is 0 Å². The summed E-state index contributed by atoms with van der Waals surface area (Å²) in [7, 11) is 0. The number of imide groups is 1. The summed E-state index contributed by atoms with van der Waals surface area (Å²) in [5.41, 5.74) is 0.695. The number of fused-ring (bicyclic) bond motifs is 1. The summed E-state index contributed by atoms with van der Waals surface area (Å²) in [5.74, 6) is -4.90. The predicted molar refractivity (Wildman–Crippen MR) is 189 cm³/mol. The zero-order valence-corrected chi connectivity index (χ0v) is 28.1. The van der Waals surface area contributed by atoms with Gasteiger partial charge in [0.2, 0.25) is 11.8 Å². The number of nitrogens with zero attached hydrogens (tertiary/aromatic N) is 3. The molecule has 0 bridgehead atoms. The third-order valence-electron chi connectivity index (χ3n) is 9.21. The second-order valence-electron chi connectivity index (χ2n) is 12.7. The number of benzene rings is 4. The van der Waals surface area contributed by atoms with Gasteiger partial charge >= 0.3 is 18.0 Å². The van der Waals surface area contributed by atoms with Gasteiger partial charge < -0.3 is 31.1 Å². The lowest BCUT2D eigenvalue weighted by molar-refractivity contribution is -0.144. The van der Waals surface area contributed by atoms with E-state index in [1.54, 1.807) is 49.4 Å². The molecule has 6 rings (SSSR count). The molecule has 1 unspecified atom stereocenters. The van der Waals surface area contributed by atoms with E-state index in [9.17, 15) is 39.0 Å². The van der Waals surface area contributed by atoms with Crippen LogP contribution in [0.2, 0.25) is 0 Å². The van der Waals surface area contributed by atoms with Crippen molar-refractivity contribution >= 4 is 52.3 Å². The van der Waals surface area contributed by atoms with Crippen molar-refractivity contribution in [1.82, 2.24) is 25.8 Å². The standard InChI is InChI=1S/C38H36N6O8/c1-38(28-15-13-26(14-16-28)33-39-17-18-40-33)36(51)43(37(52)44(38)21-23-11-12-24-7-5-6-10-27(24)19-23)22-30(45)41-29(20-31(46)47)34(48)42-32(35(49)50)25-8-3-2-4-9-25/h2-16,19,29,32H,17-18,20-22H2,1H3,(H,39,40)(H,41,45)(H,42,48)(H,46,47)(H,49,50)/t29-,32-,38?/m0/s1. The minimum absolute atomic E-state index is 0.0140. The van der Waals surface area contributed by atoms with Crippen LogP contribution < -0.4 is 16.0 Å². The molecule has 0 radical (unpaired) electrons. The van der Waals surface area contributed by atoms with Gasteiger partial charge in [-0.15, -0.1) is 0 Å². The first-order valence-corrected chi connectivity index (χ1v) is 16.6. The second kappa shape index (κ2) is 14.7. The van der Waals surface area contributed by atoms with E-state index in [1.165, 1.54) is 17.0 Å². The fraction of sp³-hybridized carbons (Fsp3) is 0.237. The zero-order chi connectivity index (χ0) is 37.0. The number of carboxylic acids is 2. The Balaban J connectivity index is 1.26. The molecule has 52 heavy (non-hydrogen) atoms. The summed E-state index contributed by atoms with van der Waals surface area (Å²) in [6, 6.07) is 24.2. The second-order valence-corrected chi connectivity index (χ2v) is 12.7. The van der Waals surface area contributed by atoms with Crippen molar-refractivity contribution in [3.63, 3.8) is 0 Å². The normalized spacial score (nSPS) is 18.1. The number of carboxylic acid groups (broad SMARTS) is 2. The predicted octanol–water partition coefficient (Wildman–Crippen LogP) is 2.77. The molecular weight excluding hydrogens is 668 g/mol. The number of aliphatic imine (C=N–C) groups is 1. The van der Waals surface area contributed by atoms with Crippen molar-refractivity contribution in [3.8, 4) is 0 Å². The Bertz CT molecular complexity index is 2090. The summed E-state index contributed by atoms with van der Waals surface area (Å²) >= 11 is 0. The van der Waals surface area contributed by atoms with Crippen LogP contribution in [-0.4, -0.2) is 87.2 Å². The maximum absolute atomic E-state index is 14.3. The molecule has 2 aliphatic rings. The minimum Gasteiger partial charge on any atom is -0.481 e. The van der Waals surface area contributed by atoms with Crippen LogP contribution in [0.15, 0.2) is 102 Å². The third kappa shape index (κ3) is 7.17. The summed E-state index contributed by atoms with van der Waals surface area (Å²) in [6.07, 6.45) is -0.890. The van der Waals surface area contributed by atoms with Gasteiger partial charge in [0.05, 0.1) is 13.0 Å². The van der Waals surface area contributed by atoms with Gasteiger partial charge in [0.25, 0.3) is 5.91 Å². The first kappa shape index (κ1) is 35.3. The monoisotopic (exact) mass is 704 g/mol. The Kier molecular flexibility index (Phi) is 9.99. The van der Waals surface area contributed by atoms with Crippen LogP contribution in [0.4, 0.5) is 4.79 Å². The fourth-order valence-electron chi connectivity index (χ4n) is 6.45. The molecule has 4 aromatic rings. The Morgan fingerprint density at radius 2 is 1.58 bits per heavy atom. The highest BCUT2D eigenvalue weighted by Crippen LogP contribution is 2.39. The van der Waals surface area contributed by atoms with Gasteiger partial charge in [-0.25, -0.2) is 9.59 Å². The molecule has 2 heterocycles. The topological polar surface area (TPSA) is 198 Å². The lowest BCUT2D eigenvalue weighted by Gasteiger charge is -2.32. The number of carbonyl (C=O) groups is 6. The van der Waals surface area contributed by atoms with Gasteiger partial charge in [-0.2, -0.15) is 0 Å². The lowest BCUT2D eigenvalue weighted by Crippen LogP contribution is -2.52. The molecule has 1 saturated heterocycles. The van der Waals surface area contributed by atoms with Crippen LogP contribution in [0.3, 0.4) is 0 Å². The van der Waals surface area contributed by atoms with Gasteiger partial charge in [0.15, 0.2) is 6.04 Å². The molecule has 5 N–H and O–H groups in total. The lowest BCUT2D eigenvalue weighted by atomic mass is 9.89. The van der Waals surface area contributed by atoms with Gasteiger partial charge in [-0.3, -0.25) is 29.1 Å². The first-order valence-electron chi connectivity index (χ1n) is 16.6. The van der Waals surface area contributed by atoms with E-state index in [1.807, 2.05) is 42.5 Å². The number of urea groups is 1. The average molecular weight is 705 g/mol. The van der Waals surface area contributed by atoms with Crippen molar-refractivity contribution in [2.75, 3.05) is 19.6 Å². The molecule has 4 aromatic carbocycles. The Hall–Kier alpha value is -6.57. The number of amidine groups is 1. The molecule has 14 nitrogen and oxygen atoms in total. The van der Waals surface area contributed by atoms with Crippen molar-refractivity contribution in [2.45, 2.75) is 37.5 Å². The van der Waals surface area contributed by atoms with Crippen molar-refractivity contribution in [2.24, 2.45) is 4.99 Å². The number of amides is 5. The molecule has 0 saturated carbocycles. The summed E-state index contributed by atoms with van der Waals surface area (Å²) in [6.45, 7) is 2.13. The van der Waals surface area contributed by atoms with Crippen LogP contribution >= 0.6 is 0 Å². The van der Waals surface area contributed by atoms with Crippen LogP contribution in [0.5, 0.6) is 0 Å². The highest BCUT2D eigenvalue weighted by Gasteiger charge is 2.55. The molecule has 5 amide bonds. The maximum atomic E-state index is 14.3. The molecule has 3 atom stereocenters. The van der Waals surface area contributed by atoms with E-state index in [4.69, 9.17) is 0 Å². The minimum atomic E-state index is -1.72. The van der Waals surface area contributed by atoms with E-state index in [2.05, 4.69) is 20.9 Å². The molecule has 2 aliphatic heterocycles. The zero-order valence-electron chi connectivity index (χ0n) is 28.1. The quantitative estimate of drug-likeness (QED) is 0.130. The van der Waals surface area contributed by atoms with Crippen LogP contribution in [0.1, 0.15) is 41.6 Å². The van der Waals surface area contributed by atoms with Crippen molar-refractivity contribution in [3.05, 3.63) is 119 Å². The van der Waals surface area contributed by atoms with Crippen LogP contribution in [-0.2, 0) is 36.1 Å². The van der Waals surface area contributed by atoms with Gasteiger partial charge in [-0.05, 0) is 40.5 Å². The summed E-state index contributed by atoms with van der Waals surface area (Å²) in [5, 5.41) is 29.0. The number of hydrogen-bond acceptors (Lipinski definition) is 8. The van der Waals surface area contributed by atoms with Gasteiger partial charge in [0.1, 0.15) is 24.0 Å². The number of carbonyl (C=O) groups excluding carboxylic acids is 4. The molecule has 0 aromatic heterocycles. The summed E-state index contributed by atoms with van der Waals surface area (Å²) < 4.78 is 0. The Morgan fingerprint density at radius 1 is 0.885 bits per heavy atom. The largest absolute Gasteiger partial charge is 0.481 e. The molecule has 1 fully saturated rings. The SMILES string of the molecule is CC1(c2ccc(C3=NCCN3)cc2)C(=O)N(CC(=O)N[C@@H](CC(=O)O)C(=O)N[C@H](C(=O)O)c2ccccc2)C(=O)N1Cc1ccc2ccccc2c1. The van der Waals surface area contributed by atoms with Crippen molar-refractivity contribution < 1.29 is 39.0 Å². The Labute approximate surface area is 298 Å². The van der Waals surface area contributed by atoms with Gasteiger partial charge in [0, 0.05) is 18.7 Å². The number of hydrogen-bond donors (Lipinski definition) is 5. The molecule has 266 valence electrons. The average Bonchev–Trinajstić information content (AvgIpc) is 3.74. The molecule has 0 aliphatic carbocycles. The van der Waals surface area contributed by atoms with Crippen LogP contribution in [0, 0.1) is 0 Å². The van der Waals surface area contributed by atoms with Gasteiger partial charge in [-0.1, -0.05) is 91.0 Å². The van der Waals surface area contributed by atoms with Crippen LogP contribution in [0.25, 0.3) is 10.8 Å². The maximum Gasteiger partial charge on any atom is 0.330 e. The fourth-order valence-corrected chi connectivity index (χ4v) is 6.45. The highest BCUT2D eigenvalue weighted by atomic mass is 16.4. The third-order valence-corrected chi connectivity index (χ3v) is 9.21. The van der Waals surface area contributed by atoms with E-state index in [0.717, 1.165) is 32.6 Å². The highest BCUT2D eigenvalue weighted by molar-refractivity contribution is 6.09.